The van der Waals surface area contributed by atoms with Crippen LogP contribution in [0.15, 0.2) is 46.2 Å². The second-order valence-electron chi connectivity index (χ2n) is 5.27. The van der Waals surface area contributed by atoms with E-state index in [1.54, 1.807) is 30.2 Å². The zero-order valence-electron chi connectivity index (χ0n) is 13.1. The van der Waals surface area contributed by atoms with Crippen molar-refractivity contribution in [1.82, 2.24) is 14.8 Å². The third-order valence-corrected chi connectivity index (χ3v) is 4.56. The molecule has 0 aliphatic carbocycles. The number of aryl methyl sites for hydroxylation is 1. The smallest absolute Gasteiger partial charge is 0.191 e. The summed E-state index contributed by atoms with van der Waals surface area (Å²) in [6, 6.07) is 8.55. The average molecular weight is 331 g/mol. The van der Waals surface area contributed by atoms with Crippen LogP contribution in [0.2, 0.25) is 0 Å². The lowest BCUT2D eigenvalue weighted by Crippen LogP contribution is -2.02. The van der Waals surface area contributed by atoms with E-state index in [1.165, 1.54) is 6.07 Å². The predicted octanol–water partition coefficient (Wildman–Crippen LogP) is 4.69. The summed E-state index contributed by atoms with van der Waals surface area (Å²) in [5.41, 5.74) is 1.89. The molecule has 0 atom stereocenters. The Morgan fingerprint density at radius 1 is 1.26 bits per heavy atom. The molecule has 0 aliphatic heterocycles. The average Bonchev–Trinajstić information content (AvgIpc) is 3.12. The Morgan fingerprint density at radius 3 is 2.83 bits per heavy atom. The molecule has 2 aromatic heterocycles. The number of thioether (sulfide) groups is 1. The molecule has 0 bridgehead atoms. The van der Waals surface area contributed by atoms with Gasteiger partial charge in [-0.1, -0.05) is 30.8 Å². The fraction of sp³-hybridized carbons (Fsp3) is 0.294. The van der Waals surface area contributed by atoms with Crippen LogP contribution in [0.25, 0.3) is 11.4 Å². The first-order valence-corrected chi connectivity index (χ1v) is 8.52. The van der Waals surface area contributed by atoms with E-state index in [0.29, 0.717) is 5.75 Å². The first-order valence-electron chi connectivity index (χ1n) is 7.54. The molecule has 3 rings (SSSR count). The van der Waals surface area contributed by atoms with E-state index in [9.17, 15) is 4.39 Å². The van der Waals surface area contributed by atoms with Gasteiger partial charge >= 0.3 is 0 Å². The fourth-order valence-corrected chi connectivity index (χ4v) is 3.32. The van der Waals surface area contributed by atoms with Gasteiger partial charge in [0.15, 0.2) is 11.0 Å². The molecule has 0 aliphatic rings. The second-order valence-corrected chi connectivity index (χ2v) is 6.21. The van der Waals surface area contributed by atoms with Crippen LogP contribution in [0.5, 0.6) is 0 Å². The van der Waals surface area contributed by atoms with Crippen molar-refractivity contribution in [2.45, 2.75) is 37.7 Å². The third kappa shape index (κ3) is 3.47. The van der Waals surface area contributed by atoms with E-state index in [-0.39, 0.29) is 5.82 Å². The first-order chi connectivity index (χ1) is 11.2. The van der Waals surface area contributed by atoms with Crippen molar-refractivity contribution in [3.8, 4) is 11.4 Å². The van der Waals surface area contributed by atoms with E-state index in [4.69, 9.17) is 4.42 Å². The van der Waals surface area contributed by atoms with Crippen LogP contribution in [0, 0.1) is 12.7 Å². The van der Waals surface area contributed by atoms with Crippen molar-refractivity contribution in [3.05, 3.63) is 53.7 Å². The lowest BCUT2D eigenvalue weighted by molar-refractivity contribution is 0.534. The SMILES string of the molecule is CCCn1c(SCc2cccc(F)c2)nnc1-c1ccoc1C. The van der Waals surface area contributed by atoms with Gasteiger partial charge in [-0.2, -0.15) is 0 Å². The van der Waals surface area contributed by atoms with Gasteiger partial charge in [-0.05, 0) is 37.1 Å². The van der Waals surface area contributed by atoms with E-state index in [0.717, 1.165) is 40.8 Å². The summed E-state index contributed by atoms with van der Waals surface area (Å²) in [6.45, 7) is 4.87. The van der Waals surface area contributed by atoms with Crippen LogP contribution >= 0.6 is 11.8 Å². The number of benzene rings is 1. The minimum Gasteiger partial charge on any atom is -0.469 e. The van der Waals surface area contributed by atoms with Crippen molar-refractivity contribution in [2.75, 3.05) is 0 Å². The molecular weight excluding hydrogens is 313 g/mol. The summed E-state index contributed by atoms with van der Waals surface area (Å²) >= 11 is 1.56. The van der Waals surface area contributed by atoms with Gasteiger partial charge < -0.3 is 8.98 Å². The Bertz CT molecular complexity index is 797. The number of aromatic nitrogens is 3. The second kappa shape index (κ2) is 7.00. The highest BCUT2D eigenvalue weighted by atomic mass is 32.2. The Balaban J connectivity index is 1.85. The molecule has 0 radical (unpaired) electrons. The number of rotatable bonds is 6. The lowest BCUT2D eigenvalue weighted by Gasteiger charge is -2.08. The van der Waals surface area contributed by atoms with Gasteiger partial charge in [-0.15, -0.1) is 10.2 Å². The largest absolute Gasteiger partial charge is 0.469 e. The number of hydrogen-bond donors (Lipinski definition) is 0. The Labute approximate surface area is 138 Å². The van der Waals surface area contributed by atoms with Gasteiger partial charge in [-0.3, -0.25) is 0 Å². The summed E-state index contributed by atoms with van der Waals surface area (Å²) in [7, 11) is 0. The number of furan rings is 1. The normalized spacial score (nSPS) is 11.1. The van der Waals surface area contributed by atoms with Crippen LogP contribution in [-0.4, -0.2) is 14.8 Å². The topological polar surface area (TPSA) is 43.9 Å². The van der Waals surface area contributed by atoms with Gasteiger partial charge in [0.25, 0.3) is 0 Å². The van der Waals surface area contributed by atoms with Crippen LogP contribution in [0.4, 0.5) is 4.39 Å². The summed E-state index contributed by atoms with van der Waals surface area (Å²) in [4.78, 5) is 0. The summed E-state index contributed by atoms with van der Waals surface area (Å²) in [6.07, 6.45) is 2.64. The zero-order chi connectivity index (χ0) is 16.2. The molecule has 0 unspecified atom stereocenters. The van der Waals surface area contributed by atoms with Crippen molar-refractivity contribution in [3.63, 3.8) is 0 Å². The number of hydrogen-bond acceptors (Lipinski definition) is 4. The number of halogens is 1. The molecule has 2 heterocycles. The minimum atomic E-state index is -0.215. The highest BCUT2D eigenvalue weighted by Gasteiger charge is 2.17. The van der Waals surface area contributed by atoms with E-state index >= 15 is 0 Å². The molecule has 3 aromatic rings. The van der Waals surface area contributed by atoms with Crippen molar-refractivity contribution in [1.29, 1.82) is 0 Å². The highest BCUT2D eigenvalue weighted by molar-refractivity contribution is 7.98. The maximum Gasteiger partial charge on any atom is 0.191 e. The molecule has 0 spiro atoms. The zero-order valence-corrected chi connectivity index (χ0v) is 13.9. The maximum absolute atomic E-state index is 13.3. The third-order valence-electron chi connectivity index (χ3n) is 3.52. The minimum absolute atomic E-state index is 0.215. The Morgan fingerprint density at radius 2 is 2.13 bits per heavy atom. The van der Waals surface area contributed by atoms with Gasteiger partial charge in [0.05, 0.1) is 11.8 Å². The quantitative estimate of drug-likeness (QED) is 0.615. The van der Waals surface area contributed by atoms with Crippen molar-refractivity contribution >= 4 is 11.8 Å². The van der Waals surface area contributed by atoms with Crippen LogP contribution < -0.4 is 0 Å². The molecule has 0 N–H and O–H groups in total. The van der Waals surface area contributed by atoms with E-state index < -0.39 is 0 Å². The monoisotopic (exact) mass is 331 g/mol. The molecule has 4 nitrogen and oxygen atoms in total. The molecule has 23 heavy (non-hydrogen) atoms. The highest BCUT2D eigenvalue weighted by Crippen LogP contribution is 2.28. The fourth-order valence-electron chi connectivity index (χ4n) is 2.41. The molecule has 1 aromatic carbocycles. The lowest BCUT2D eigenvalue weighted by atomic mass is 10.2. The van der Waals surface area contributed by atoms with Crippen LogP contribution in [-0.2, 0) is 12.3 Å². The van der Waals surface area contributed by atoms with Gasteiger partial charge in [0.2, 0.25) is 0 Å². The number of nitrogens with zero attached hydrogens (tertiary/aromatic N) is 3. The van der Waals surface area contributed by atoms with Crippen LogP contribution in [0.3, 0.4) is 0 Å². The summed E-state index contributed by atoms with van der Waals surface area (Å²) in [5, 5.41) is 9.48. The molecule has 120 valence electrons. The summed E-state index contributed by atoms with van der Waals surface area (Å²) in [5.74, 6) is 2.09. The predicted molar refractivity (Wildman–Crippen MR) is 88.7 cm³/mol. The molecule has 0 amide bonds. The van der Waals surface area contributed by atoms with Crippen molar-refractivity contribution < 1.29 is 8.81 Å². The maximum atomic E-state index is 13.3. The first kappa shape index (κ1) is 15.8. The molecular formula is C17H18FN3OS. The van der Waals surface area contributed by atoms with E-state index in [2.05, 4.69) is 21.7 Å². The Kier molecular flexibility index (Phi) is 4.81. The molecule has 0 fully saturated rings. The standard InChI is InChI=1S/C17H18FN3OS/c1-3-8-21-16(15-7-9-22-12(15)2)19-20-17(21)23-11-13-5-4-6-14(18)10-13/h4-7,9-10H,3,8,11H2,1-2H3. The summed E-state index contributed by atoms with van der Waals surface area (Å²) < 4.78 is 20.7. The van der Waals surface area contributed by atoms with E-state index in [1.807, 2.05) is 19.1 Å². The van der Waals surface area contributed by atoms with Crippen LogP contribution in [0.1, 0.15) is 24.7 Å². The molecule has 0 saturated heterocycles. The Hall–Kier alpha value is -2.08. The molecule has 0 saturated carbocycles. The van der Waals surface area contributed by atoms with Gasteiger partial charge in [0, 0.05) is 12.3 Å². The molecule has 6 heteroatoms. The van der Waals surface area contributed by atoms with Gasteiger partial charge in [-0.25, -0.2) is 4.39 Å². The van der Waals surface area contributed by atoms with Gasteiger partial charge in [0.1, 0.15) is 11.6 Å². The van der Waals surface area contributed by atoms with Crippen molar-refractivity contribution in [2.24, 2.45) is 0 Å².